The summed E-state index contributed by atoms with van der Waals surface area (Å²) in [4.78, 5) is 37.2. The van der Waals surface area contributed by atoms with Crippen molar-refractivity contribution in [2.75, 3.05) is 13.7 Å². The van der Waals surface area contributed by atoms with Gasteiger partial charge in [0.1, 0.15) is 11.8 Å². The van der Waals surface area contributed by atoms with Crippen LogP contribution in [0, 0.1) is 0 Å². The zero-order chi connectivity index (χ0) is 23.8. The quantitative estimate of drug-likeness (QED) is 0.614. The van der Waals surface area contributed by atoms with Crippen molar-refractivity contribution in [3.63, 3.8) is 0 Å². The van der Waals surface area contributed by atoms with Gasteiger partial charge in [-0.15, -0.1) is 0 Å². The number of ether oxygens (including phenoxy) is 1. The number of carbonyl (C=O) groups excluding carboxylic acids is 3. The van der Waals surface area contributed by atoms with Crippen LogP contribution in [0.25, 0.3) is 0 Å². The van der Waals surface area contributed by atoms with Crippen molar-refractivity contribution >= 4 is 23.4 Å². The summed E-state index contributed by atoms with van der Waals surface area (Å²) >= 11 is 0. The molecule has 0 saturated carbocycles. The maximum Gasteiger partial charge on any atom is 0.243 e. The van der Waals surface area contributed by atoms with Gasteiger partial charge in [0.15, 0.2) is 0 Å². The van der Waals surface area contributed by atoms with Crippen LogP contribution in [0.5, 0.6) is 5.75 Å². The molecular formula is C25H30N4O4. The van der Waals surface area contributed by atoms with Crippen molar-refractivity contribution in [2.24, 2.45) is 5.10 Å². The van der Waals surface area contributed by atoms with Crippen LogP contribution in [-0.2, 0) is 14.4 Å². The van der Waals surface area contributed by atoms with Crippen molar-refractivity contribution in [3.05, 3.63) is 65.7 Å². The SMILES string of the molecule is CCNC(=O)C(C)NC(=O)CCC(=O)N1N=C(c2ccccc2)CC1c1ccc(OC)cc1. The minimum atomic E-state index is -0.658. The van der Waals surface area contributed by atoms with Crippen molar-refractivity contribution < 1.29 is 19.1 Å². The fourth-order valence-corrected chi connectivity index (χ4v) is 3.67. The highest BCUT2D eigenvalue weighted by atomic mass is 16.5. The van der Waals surface area contributed by atoms with Crippen LogP contribution in [0.1, 0.15) is 50.3 Å². The molecule has 2 atom stereocenters. The first kappa shape index (κ1) is 24.0. The fourth-order valence-electron chi connectivity index (χ4n) is 3.67. The van der Waals surface area contributed by atoms with Gasteiger partial charge in [0, 0.05) is 25.8 Å². The average molecular weight is 451 g/mol. The molecule has 8 heteroatoms. The molecule has 2 aromatic rings. The number of amides is 3. The molecule has 0 aromatic heterocycles. The van der Waals surface area contributed by atoms with Crippen LogP contribution < -0.4 is 15.4 Å². The van der Waals surface area contributed by atoms with E-state index in [2.05, 4.69) is 15.7 Å². The molecule has 0 saturated heterocycles. The normalized spacial score (nSPS) is 16.0. The molecule has 1 aliphatic rings. The standard InChI is InChI=1S/C25H30N4O4/c1-4-26-25(32)17(2)27-23(30)14-15-24(31)29-22(19-10-12-20(33-3)13-11-19)16-21(28-29)18-8-6-5-7-9-18/h5-13,17,22H,4,14-16H2,1-3H3,(H,26,32)(H,27,30). The molecule has 33 heavy (non-hydrogen) atoms. The second kappa shape index (κ2) is 11.3. The number of hydrogen-bond donors (Lipinski definition) is 2. The Bertz CT molecular complexity index is 1000. The second-order valence-corrected chi connectivity index (χ2v) is 7.83. The van der Waals surface area contributed by atoms with E-state index in [0.717, 1.165) is 22.6 Å². The molecule has 1 heterocycles. The summed E-state index contributed by atoms with van der Waals surface area (Å²) in [6, 6.07) is 16.4. The van der Waals surface area contributed by atoms with Crippen LogP contribution in [0.15, 0.2) is 59.7 Å². The minimum Gasteiger partial charge on any atom is -0.497 e. The van der Waals surface area contributed by atoms with Gasteiger partial charge in [0.05, 0.1) is 18.9 Å². The van der Waals surface area contributed by atoms with Crippen molar-refractivity contribution in [1.29, 1.82) is 0 Å². The number of nitrogens with zero attached hydrogens (tertiary/aromatic N) is 2. The Morgan fingerprint density at radius 1 is 1.09 bits per heavy atom. The monoisotopic (exact) mass is 450 g/mol. The van der Waals surface area contributed by atoms with Crippen LogP contribution in [0.4, 0.5) is 0 Å². The lowest BCUT2D eigenvalue weighted by Gasteiger charge is -2.22. The average Bonchev–Trinajstić information content (AvgIpc) is 3.29. The van der Waals surface area contributed by atoms with Gasteiger partial charge in [-0.3, -0.25) is 14.4 Å². The molecule has 3 amide bonds. The number of hydrogen-bond acceptors (Lipinski definition) is 5. The van der Waals surface area contributed by atoms with Gasteiger partial charge in [-0.1, -0.05) is 42.5 Å². The van der Waals surface area contributed by atoms with E-state index in [1.807, 2.05) is 61.5 Å². The van der Waals surface area contributed by atoms with Crippen LogP contribution in [-0.4, -0.2) is 48.1 Å². The number of nitrogens with one attached hydrogen (secondary N) is 2. The molecule has 2 N–H and O–H groups in total. The first-order chi connectivity index (χ1) is 15.9. The lowest BCUT2D eigenvalue weighted by atomic mass is 9.98. The summed E-state index contributed by atoms with van der Waals surface area (Å²) in [5.74, 6) is -0.123. The lowest BCUT2D eigenvalue weighted by Crippen LogP contribution is -2.44. The summed E-state index contributed by atoms with van der Waals surface area (Å²) < 4.78 is 5.24. The number of rotatable bonds is 9. The van der Waals surface area contributed by atoms with E-state index in [1.54, 1.807) is 14.0 Å². The summed E-state index contributed by atoms with van der Waals surface area (Å²) in [6.07, 6.45) is 0.541. The number of benzene rings is 2. The van der Waals surface area contributed by atoms with Gasteiger partial charge in [-0.2, -0.15) is 5.10 Å². The Kier molecular flexibility index (Phi) is 8.18. The third kappa shape index (κ3) is 6.19. The predicted octanol–water partition coefficient (Wildman–Crippen LogP) is 2.79. The molecule has 0 aliphatic carbocycles. The van der Waals surface area contributed by atoms with Gasteiger partial charge in [0.25, 0.3) is 0 Å². The maximum atomic E-state index is 13.1. The molecular weight excluding hydrogens is 420 g/mol. The number of carbonyl (C=O) groups is 3. The van der Waals surface area contributed by atoms with Crippen molar-refractivity contribution in [1.82, 2.24) is 15.6 Å². The summed E-state index contributed by atoms with van der Waals surface area (Å²) in [7, 11) is 1.61. The van der Waals surface area contributed by atoms with E-state index in [4.69, 9.17) is 4.74 Å². The van der Waals surface area contributed by atoms with E-state index in [9.17, 15) is 14.4 Å². The van der Waals surface area contributed by atoms with E-state index in [-0.39, 0.29) is 36.6 Å². The Morgan fingerprint density at radius 3 is 2.42 bits per heavy atom. The third-order valence-electron chi connectivity index (χ3n) is 5.46. The zero-order valence-corrected chi connectivity index (χ0v) is 19.2. The van der Waals surface area contributed by atoms with Gasteiger partial charge >= 0.3 is 0 Å². The topological polar surface area (TPSA) is 100 Å². The van der Waals surface area contributed by atoms with Crippen LogP contribution >= 0.6 is 0 Å². The highest BCUT2D eigenvalue weighted by Crippen LogP contribution is 2.34. The van der Waals surface area contributed by atoms with E-state index in [1.165, 1.54) is 5.01 Å². The van der Waals surface area contributed by atoms with Gasteiger partial charge in [0.2, 0.25) is 17.7 Å². The van der Waals surface area contributed by atoms with Crippen LogP contribution in [0.2, 0.25) is 0 Å². The first-order valence-corrected chi connectivity index (χ1v) is 11.1. The van der Waals surface area contributed by atoms with E-state index < -0.39 is 6.04 Å². The Hall–Kier alpha value is -3.68. The second-order valence-electron chi connectivity index (χ2n) is 7.83. The molecule has 2 unspecified atom stereocenters. The van der Waals surface area contributed by atoms with Gasteiger partial charge in [-0.25, -0.2) is 5.01 Å². The molecule has 0 spiro atoms. The molecule has 1 aliphatic heterocycles. The third-order valence-corrected chi connectivity index (χ3v) is 5.46. The molecule has 174 valence electrons. The molecule has 0 fully saturated rings. The predicted molar refractivity (Wildman–Crippen MR) is 126 cm³/mol. The number of hydrazone groups is 1. The summed E-state index contributed by atoms with van der Waals surface area (Å²) in [6.45, 7) is 3.91. The highest BCUT2D eigenvalue weighted by molar-refractivity contribution is 6.03. The number of methoxy groups -OCH3 is 1. The molecule has 3 rings (SSSR count). The van der Waals surface area contributed by atoms with Crippen molar-refractivity contribution in [3.8, 4) is 5.75 Å². The smallest absolute Gasteiger partial charge is 0.243 e. The lowest BCUT2D eigenvalue weighted by molar-refractivity contribution is -0.135. The summed E-state index contributed by atoms with van der Waals surface area (Å²) in [5, 5.41) is 11.4. The van der Waals surface area contributed by atoms with E-state index in [0.29, 0.717) is 13.0 Å². The molecule has 8 nitrogen and oxygen atoms in total. The Morgan fingerprint density at radius 2 is 1.79 bits per heavy atom. The fraction of sp³-hybridized carbons (Fsp3) is 0.360. The molecule has 0 bridgehead atoms. The molecule has 2 aromatic carbocycles. The largest absolute Gasteiger partial charge is 0.497 e. The number of likely N-dealkylation sites (N-methyl/N-ethyl adjacent to an activating group) is 1. The van der Waals surface area contributed by atoms with Gasteiger partial charge < -0.3 is 15.4 Å². The van der Waals surface area contributed by atoms with E-state index >= 15 is 0 Å². The first-order valence-electron chi connectivity index (χ1n) is 11.1. The summed E-state index contributed by atoms with van der Waals surface area (Å²) in [5.41, 5.74) is 2.71. The van der Waals surface area contributed by atoms with Gasteiger partial charge in [-0.05, 0) is 37.1 Å². The highest BCUT2D eigenvalue weighted by Gasteiger charge is 2.33. The maximum absolute atomic E-state index is 13.1. The Balaban J connectivity index is 1.71. The molecule has 0 radical (unpaired) electrons. The van der Waals surface area contributed by atoms with Crippen molar-refractivity contribution in [2.45, 2.75) is 45.2 Å². The van der Waals surface area contributed by atoms with Crippen LogP contribution in [0.3, 0.4) is 0 Å². The minimum absolute atomic E-state index is 0.00776. The Labute approximate surface area is 194 Å². The zero-order valence-electron chi connectivity index (χ0n) is 19.2.